The highest BCUT2D eigenvalue weighted by Crippen LogP contribution is 2.06. The average Bonchev–Trinajstić information content (AvgIpc) is 2.34. The number of aliphatic hydroxyl groups excluding tert-OH is 1. The fourth-order valence-electron chi connectivity index (χ4n) is 1.64. The number of nitrogens with zero attached hydrogens (tertiary/aromatic N) is 2. The van der Waals surface area contributed by atoms with Crippen LogP contribution in [0.4, 0.5) is 0 Å². The fourth-order valence-corrected chi connectivity index (χ4v) is 1.64. The van der Waals surface area contributed by atoms with E-state index in [0.29, 0.717) is 6.61 Å². The van der Waals surface area contributed by atoms with Gasteiger partial charge < -0.3 is 10.0 Å². The zero-order chi connectivity index (χ0) is 10.8. The Labute approximate surface area is 91.8 Å². The van der Waals surface area contributed by atoms with Crippen LogP contribution in [0.3, 0.4) is 0 Å². The average molecular weight is 208 g/mol. The van der Waals surface area contributed by atoms with Crippen molar-refractivity contribution in [3.63, 3.8) is 0 Å². The van der Waals surface area contributed by atoms with E-state index in [4.69, 9.17) is 5.11 Å². The van der Waals surface area contributed by atoms with Crippen molar-refractivity contribution in [3.05, 3.63) is 30.6 Å². The van der Waals surface area contributed by atoms with Crippen LogP contribution in [-0.4, -0.2) is 41.2 Å². The van der Waals surface area contributed by atoms with Crippen molar-refractivity contribution in [2.24, 2.45) is 0 Å². The van der Waals surface area contributed by atoms with Crippen molar-refractivity contribution in [1.82, 2.24) is 9.88 Å². The molecule has 15 heavy (non-hydrogen) atoms. The molecule has 0 radical (unpaired) electrons. The third-order valence-corrected chi connectivity index (χ3v) is 2.43. The quantitative estimate of drug-likeness (QED) is 0.801. The van der Waals surface area contributed by atoms with Crippen molar-refractivity contribution in [1.29, 1.82) is 0 Å². The van der Waals surface area contributed by atoms with Crippen LogP contribution in [0.25, 0.3) is 0 Å². The van der Waals surface area contributed by atoms with Gasteiger partial charge >= 0.3 is 0 Å². The highest BCUT2D eigenvalue weighted by molar-refractivity contribution is 4.88. The van der Waals surface area contributed by atoms with E-state index in [1.165, 1.54) is 32.4 Å². The summed E-state index contributed by atoms with van der Waals surface area (Å²) in [5.41, 5.74) is 0. The lowest BCUT2D eigenvalue weighted by atomic mass is 10.1. The normalized spacial score (nSPS) is 16.6. The number of aliphatic hydroxyl groups is 1. The van der Waals surface area contributed by atoms with Gasteiger partial charge in [-0.2, -0.15) is 0 Å². The lowest BCUT2D eigenvalue weighted by molar-refractivity contribution is 0.173. The first-order chi connectivity index (χ1) is 7.43. The second-order valence-corrected chi connectivity index (χ2v) is 3.65. The Balaban J connectivity index is 0.000000162. The summed E-state index contributed by atoms with van der Waals surface area (Å²) in [5.74, 6) is 0. The van der Waals surface area contributed by atoms with Gasteiger partial charge in [-0.15, -0.1) is 0 Å². The van der Waals surface area contributed by atoms with Gasteiger partial charge in [0.2, 0.25) is 0 Å². The van der Waals surface area contributed by atoms with E-state index in [1.54, 1.807) is 12.4 Å². The molecule has 3 heteroatoms. The van der Waals surface area contributed by atoms with E-state index >= 15 is 0 Å². The monoisotopic (exact) mass is 208 g/mol. The lowest BCUT2D eigenvalue weighted by Crippen LogP contribution is -2.31. The van der Waals surface area contributed by atoms with Crippen molar-refractivity contribution in [3.8, 4) is 0 Å². The number of pyridine rings is 1. The van der Waals surface area contributed by atoms with E-state index in [-0.39, 0.29) is 0 Å². The molecule has 1 aromatic heterocycles. The number of piperidine rings is 1. The van der Waals surface area contributed by atoms with E-state index in [0.717, 1.165) is 6.54 Å². The van der Waals surface area contributed by atoms with Crippen molar-refractivity contribution >= 4 is 0 Å². The molecule has 84 valence electrons. The molecule has 0 spiro atoms. The Hall–Kier alpha value is -0.930. The molecular formula is C12H20N2O. The number of hydrogen-bond donors (Lipinski definition) is 1. The van der Waals surface area contributed by atoms with E-state index in [1.807, 2.05) is 18.2 Å². The van der Waals surface area contributed by atoms with Crippen molar-refractivity contribution < 1.29 is 5.11 Å². The van der Waals surface area contributed by atoms with Crippen LogP contribution in [0.1, 0.15) is 19.3 Å². The van der Waals surface area contributed by atoms with E-state index in [2.05, 4.69) is 9.88 Å². The van der Waals surface area contributed by atoms with Crippen LogP contribution >= 0.6 is 0 Å². The molecular weight excluding hydrogens is 188 g/mol. The number of aromatic nitrogens is 1. The summed E-state index contributed by atoms with van der Waals surface area (Å²) in [6, 6.07) is 5.72. The maximum Gasteiger partial charge on any atom is 0.0558 e. The third-order valence-electron chi connectivity index (χ3n) is 2.43. The Bertz CT molecular complexity index is 193. The maximum atomic E-state index is 8.58. The fraction of sp³-hybridized carbons (Fsp3) is 0.583. The zero-order valence-electron chi connectivity index (χ0n) is 9.18. The van der Waals surface area contributed by atoms with Crippen LogP contribution in [0.15, 0.2) is 30.6 Å². The molecule has 2 rings (SSSR count). The van der Waals surface area contributed by atoms with Gasteiger partial charge in [0.1, 0.15) is 0 Å². The summed E-state index contributed by atoms with van der Waals surface area (Å²) in [4.78, 5) is 6.11. The first-order valence-electron chi connectivity index (χ1n) is 5.61. The Morgan fingerprint density at radius 3 is 2.07 bits per heavy atom. The van der Waals surface area contributed by atoms with Gasteiger partial charge in [-0.1, -0.05) is 12.5 Å². The first-order valence-corrected chi connectivity index (χ1v) is 5.61. The molecule has 0 atom stereocenters. The standard InChI is InChI=1S/C7H15NO.C5H5N/c9-7-6-8-4-2-1-3-5-8;1-2-4-6-5-3-1/h9H,1-7H2;1-5H. The summed E-state index contributed by atoms with van der Waals surface area (Å²) in [7, 11) is 0. The van der Waals surface area contributed by atoms with Gasteiger partial charge in [0, 0.05) is 18.9 Å². The molecule has 1 N–H and O–H groups in total. The molecule has 1 aliphatic rings. The molecule has 0 aliphatic carbocycles. The lowest BCUT2D eigenvalue weighted by Gasteiger charge is -2.25. The topological polar surface area (TPSA) is 36.4 Å². The predicted molar refractivity (Wildman–Crippen MR) is 61.6 cm³/mol. The summed E-state index contributed by atoms with van der Waals surface area (Å²) in [5, 5.41) is 8.58. The Kier molecular flexibility index (Phi) is 6.79. The smallest absolute Gasteiger partial charge is 0.0558 e. The highest BCUT2D eigenvalue weighted by Gasteiger charge is 2.07. The molecule has 0 saturated carbocycles. The van der Waals surface area contributed by atoms with Crippen LogP contribution in [0.5, 0.6) is 0 Å². The number of rotatable bonds is 2. The summed E-state index contributed by atoms with van der Waals surface area (Å²) in [6.07, 6.45) is 7.52. The number of β-amino-alcohol motifs (C(OH)–C–C–N with tert-alkyl or cyclic N) is 1. The molecule has 0 bridgehead atoms. The highest BCUT2D eigenvalue weighted by atomic mass is 16.3. The van der Waals surface area contributed by atoms with Crippen molar-refractivity contribution in [2.45, 2.75) is 19.3 Å². The minimum absolute atomic E-state index is 0.319. The Morgan fingerprint density at radius 1 is 1.00 bits per heavy atom. The number of hydrogen-bond acceptors (Lipinski definition) is 3. The third kappa shape index (κ3) is 6.20. The summed E-state index contributed by atoms with van der Waals surface area (Å²) in [6.45, 7) is 3.58. The molecule has 0 unspecified atom stereocenters. The molecule has 1 fully saturated rings. The van der Waals surface area contributed by atoms with Crippen LogP contribution < -0.4 is 0 Å². The van der Waals surface area contributed by atoms with Gasteiger partial charge in [-0.05, 0) is 38.1 Å². The first kappa shape index (κ1) is 12.1. The molecule has 1 aromatic rings. The Morgan fingerprint density at radius 2 is 1.67 bits per heavy atom. The van der Waals surface area contributed by atoms with Gasteiger partial charge in [-0.25, -0.2) is 0 Å². The minimum Gasteiger partial charge on any atom is -0.395 e. The molecule has 3 nitrogen and oxygen atoms in total. The molecule has 1 aliphatic heterocycles. The van der Waals surface area contributed by atoms with Crippen molar-refractivity contribution in [2.75, 3.05) is 26.2 Å². The van der Waals surface area contributed by atoms with Gasteiger partial charge in [0.05, 0.1) is 6.61 Å². The molecule has 1 saturated heterocycles. The summed E-state index contributed by atoms with van der Waals surface area (Å²) >= 11 is 0. The molecule has 2 heterocycles. The molecule has 0 amide bonds. The number of likely N-dealkylation sites (tertiary alicyclic amines) is 1. The van der Waals surface area contributed by atoms with Gasteiger partial charge in [0.25, 0.3) is 0 Å². The van der Waals surface area contributed by atoms with E-state index < -0.39 is 0 Å². The second kappa shape index (κ2) is 8.38. The van der Waals surface area contributed by atoms with Crippen LogP contribution in [0, 0.1) is 0 Å². The zero-order valence-corrected chi connectivity index (χ0v) is 9.18. The van der Waals surface area contributed by atoms with Gasteiger partial charge in [0.15, 0.2) is 0 Å². The molecule has 0 aromatic carbocycles. The summed E-state index contributed by atoms with van der Waals surface area (Å²) < 4.78 is 0. The maximum absolute atomic E-state index is 8.58. The van der Waals surface area contributed by atoms with E-state index in [9.17, 15) is 0 Å². The minimum atomic E-state index is 0.319. The van der Waals surface area contributed by atoms with Gasteiger partial charge in [-0.3, -0.25) is 4.98 Å². The predicted octanol–water partition coefficient (Wildman–Crippen LogP) is 1.55. The second-order valence-electron chi connectivity index (χ2n) is 3.65. The van der Waals surface area contributed by atoms with Crippen LogP contribution in [0.2, 0.25) is 0 Å². The largest absolute Gasteiger partial charge is 0.395 e. The SMILES string of the molecule is OCCN1CCCCC1.c1ccncc1. The van der Waals surface area contributed by atoms with Crippen LogP contribution in [-0.2, 0) is 0 Å².